The molecule has 1 heterocycles. The summed E-state index contributed by atoms with van der Waals surface area (Å²) in [6.07, 6.45) is 2.11. The van der Waals surface area contributed by atoms with Crippen LogP contribution in [-0.4, -0.2) is 60.9 Å². The van der Waals surface area contributed by atoms with Crippen molar-refractivity contribution in [3.05, 3.63) is 24.0 Å². The third-order valence-electron chi connectivity index (χ3n) is 2.90. The highest BCUT2D eigenvalue weighted by atomic mass is 16.5. The highest BCUT2D eigenvalue weighted by molar-refractivity contribution is 5.92. The second kappa shape index (κ2) is 7.21. The van der Waals surface area contributed by atoms with Gasteiger partial charge in [0.2, 0.25) is 0 Å². The molecule has 0 saturated carbocycles. The van der Waals surface area contributed by atoms with E-state index in [0.29, 0.717) is 25.3 Å². The van der Waals surface area contributed by atoms with Crippen molar-refractivity contribution >= 4 is 11.6 Å². The summed E-state index contributed by atoms with van der Waals surface area (Å²) < 4.78 is 4.96. The molecular weight excluding hydrogens is 258 g/mol. The summed E-state index contributed by atoms with van der Waals surface area (Å²) in [5.74, 6) is -0.153. The first-order valence-electron chi connectivity index (χ1n) is 6.48. The average molecular weight is 281 g/mol. The van der Waals surface area contributed by atoms with E-state index in [0.717, 1.165) is 5.69 Å². The second-order valence-corrected chi connectivity index (χ2v) is 5.22. The maximum atomic E-state index is 11.8. The first kappa shape index (κ1) is 16.4. The Kier molecular flexibility index (Phi) is 5.91. The predicted octanol–water partition coefficient (Wildman–Crippen LogP) is 0.983. The Bertz CT molecular complexity index is 447. The Labute approximate surface area is 119 Å². The van der Waals surface area contributed by atoms with E-state index in [1.807, 2.05) is 0 Å². The standard InChI is InChI=1S/C14H23N3O3/c1-14(19,6-8-20-4)10-16-11-5-7-15-12(9-11)13(18)17(2)3/h5,7,9,19H,6,8,10H2,1-4H3,(H,15,16). The highest BCUT2D eigenvalue weighted by Crippen LogP contribution is 2.14. The number of hydrogen-bond acceptors (Lipinski definition) is 5. The number of aliphatic hydroxyl groups is 1. The molecule has 0 aliphatic carbocycles. The molecule has 2 N–H and O–H groups in total. The minimum Gasteiger partial charge on any atom is -0.388 e. The van der Waals surface area contributed by atoms with Crippen LogP contribution >= 0.6 is 0 Å². The van der Waals surface area contributed by atoms with E-state index in [1.165, 1.54) is 4.90 Å². The van der Waals surface area contributed by atoms with Crippen LogP contribution in [0.5, 0.6) is 0 Å². The molecular formula is C14H23N3O3. The molecule has 0 saturated heterocycles. The smallest absolute Gasteiger partial charge is 0.272 e. The number of hydrogen-bond donors (Lipinski definition) is 2. The van der Waals surface area contributed by atoms with Gasteiger partial charge in [0.15, 0.2) is 0 Å². The lowest BCUT2D eigenvalue weighted by Crippen LogP contribution is -2.34. The molecule has 1 atom stereocenters. The van der Waals surface area contributed by atoms with Gasteiger partial charge in [-0.1, -0.05) is 0 Å². The molecule has 112 valence electrons. The zero-order chi connectivity index (χ0) is 15.2. The minimum atomic E-state index is -0.870. The number of aromatic nitrogens is 1. The Morgan fingerprint density at radius 3 is 2.85 bits per heavy atom. The van der Waals surface area contributed by atoms with Crippen molar-refractivity contribution in [1.29, 1.82) is 0 Å². The number of pyridine rings is 1. The fraction of sp³-hybridized carbons (Fsp3) is 0.571. The average Bonchev–Trinajstić information content (AvgIpc) is 2.42. The fourth-order valence-corrected chi connectivity index (χ4v) is 1.59. The van der Waals surface area contributed by atoms with E-state index in [2.05, 4.69) is 10.3 Å². The maximum Gasteiger partial charge on any atom is 0.272 e. The van der Waals surface area contributed by atoms with Gasteiger partial charge in [0, 0.05) is 52.7 Å². The first-order chi connectivity index (χ1) is 9.35. The molecule has 0 bridgehead atoms. The Morgan fingerprint density at radius 1 is 1.55 bits per heavy atom. The summed E-state index contributed by atoms with van der Waals surface area (Å²) >= 11 is 0. The van der Waals surface area contributed by atoms with Crippen molar-refractivity contribution in [2.24, 2.45) is 0 Å². The number of carbonyl (C=O) groups excluding carboxylic acids is 1. The number of methoxy groups -OCH3 is 1. The van der Waals surface area contributed by atoms with Crippen LogP contribution in [0.2, 0.25) is 0 Å². The number of nitrogens with zero attached hydrogens (tertiary/aromatic N) is 2. The molecule has 6 heteroatoms. The molecule has 1 unspecified atom stereocenters. The van der Waals surface area contributed by atoms with Gasteiger partial charge in [-0.3, -0.25) is 9.78 Å². The van der Waals surface area contributed by atoms with Crippen molar-refractivity contribution < 1.29 is 14.6 Å². The molecule has 0 aromatic carbocycles. The van der Waals surface area contributed by atoms with Crippen LogP contribution in [0.25, 0.3) is 0 Å². The Hall–Kier alpha value is -1.66. The number of rotatable bonds is 7. The van der Waals surface area contributed by atoms with Crippen molar-refractivity contribution in [3.63, 3.8) is 0 Å². The van der Waals surface area contributed by atoms with Gasteiger partial charge in [0.1, 0.15) is 5.69 Å². The molecule has 0 radical (unpaired) electrons. The predicted molar refractivity (Wildman–Crippen MR) is 77.9 cm³/mol. The van der Waals surface area contributed by atoms with Crippen molar-refractivity contribution in [1.82, 2.24) is 9.88 Å². The van der Waals surface area contributed by atoms with Crippen LogP contribution in [0.3, 0.4) is 0 Å². The van der Waals surface area contributed by atoms with E-state index in [4.69, 9.17) is 4.74 Å². The zero-order valence-electron chi connectivity index (χ0n) is 12.5. The van der Waals surface area contributed by atoms with E-state index in [9.17, 15) is 9.90 Å². The largest absolute Gasteiger partial charge is 0.388 e. The van der Waals surface area contributed by atoms with Gasteiger partial charge in [0.05, 0.1) is 5.60 Å². The van der Waals surface area contributed by atoms with Gasteiger partial charge < -0.3 is 20.1 Å². The summed E-state index contributed by atoms with van der Waals surface area (Å²) in [6.45, 7) is 2.61. The fourth-order valence-electron chi connectivity index (χ4n) is 1.59. The number of ether oxygens (including phenoxy) is 1. The van der Waals surface area contributed by atoms with E-state index in [1.54, 1.807) is 46.5 Å². The Balaban J connectivity index is 2.65. The van der Waals surface area contributed by atoms with Gasteiger partial charge in [-0.05, 0) is 19.1 Å². The lowest BCUT2D eigenvalue weighted by atomic mass is 10.0. The molecule has 0 aliphatic rings. The number of nitrogens with one attached hydrogen (secondary N) is 1. The Morgan fingerprint density at radius 2 is 2.25 bits per heavy atom. The zero-order valence-corrected chi connectivity index (χ0v) is 12.5. The quantitative estimate of drug-likeness (QED) is 0.779. The van der Waals surface area contributed by atoms with Gasteiger partial charge in [-0.2, -0.15) is 0 Å². The topological polar surface area (TPSA) is 74.7 Å². The lowest BCUT2D eigenvalue weighted by Gasteiger charge is -2.24. The molecule has 1 rings (SSSR count). The third kappa shape index (κ3) is 5.14. The van der Waals surface area contributed by atoms with Crippen LogP contribution in [0.1, 0.15) is 23.8 Å². The van der Waals surface area contributed by atoms with Gasteiger partial charge >= 0.3 is 0 Å². The maximum absolute atomic E-state index is 11.8. The molecule has 6 nitrogen and oxygen atoms in total. The number of anilines is 1. The molecule has 20 heavy (non-hydrogen) atoms. The second-order valence-electron chi connectivity index (χ2n) is 5.22. The van der Waals surface area contributed by atoms with Crippen molar-refractivity contribution in [3.8, 4) is 0 Å². The molecule has 0 aliphatic heterocycles. The molecule has 0 spiro atoms. The molecule has 1 aromatic heterocycles. The molecule has 1 amide bonds. The minimum absolute atomic E-state index is 0.153. The summed E-state index contributed by atoms with van der Waals surface area (Å²) in [4.78, 5) is 17.3. The van der Waals surface area contributed by atoms with Crippen LogP contribution in [0.4, 0.5) is 5.69 Å². The number of carbonyl (C=O) groups is 1. The van der Waals surface area contributed by atoms with Crippen LogP contribution < -0.4 is 5.32 Å². The SMILES string of the molecule is COCCC(C)(O)CNc1ccnc(C(=O)N(C)C)c1. The first-order valence-corrected chi connectivity index (χ1v) is 6.48. The summed E-state index contributed by atoms with van der Waals surface area (Å²) in [6, 6.07) is 3.44. The lowest BCUT2D eigenvalue weighted by molar-refractivity contribution is 0.0357. The van der Waals surface area contributed by atoms with Crippen LogP contribution in [0.15, 0.2) is 18.3 Å². The molecule has 1 aromatic rings. The van der Waals surface area contributed by atoms with E-state index >= 15 is 0 Å². The van der Waals surface area contributed by atoms with Gasteiger partial charge in [-0.25, -0.2) is 0 Å². The van der Waals surface area contributed by atoms with E-state index < -0.39 is 5.60 Å². The number of amides is 1. The summed E-state index contributed by atoms with van der Waals surface area (Å²) in [7, 11) is 4.96. The normalized spacial score (nSPS) is 13.7. The third-order valence-corrected chi connectivity index (χ3v) is 2.90. The van der Waals surface area contributed by atoms with E-state index in [-0.39, 0.29) is 5.91 Å². The van der Waals surface area contributed by atoms with Crippen LogP contribution in [-0.2, 0) is 4.74 Å². The molecule has 0 fully saturated rings. The van der Waals surface area contributed by atoms with Crippen LogP contribution in [0, 0.1) is 0 Å². The van der Waals surface area contributed by atoms with Crippen molar-refractivity contribution in [2.45, 2.75) is 18.9 Å². The monoisotopic (exact) mass is 281 g/mol. The van der Waals surface area contributed by atoms with Crippen molar-refractivity contribution in [2.75, 3.05) is 39.7 Å². The van der Waals surface area contributed by atoms with Gasteiger partial charge in [0.25, 0.3) is 5.91 Å². The summed E-state index contributed by atoms with van der Waals surface area (Å²) in [5.41, 5.74) is 0.254. The summed E-state index contributed by atoms with van der Waals surface area (Å²) in [5, 5.41) is 13.3. The highest BCUT2D eigenvalue weighted by Gasteiger charge is 2.19. The van der Waals surface area contributed by atoms with Gasteiger partial charge in [-0.15, -0.1) is 0 Å².